The van der Waals surface area contributed by atoms with Crippen molar-refractivity contribution >= 4 is 22.8 Å². The molecule has 0 aliphatic heterocycles. The van der Waals surface area contributed by atoms with E-state index in [0.29, 0.717) is 6.54 Å². The Labute approximate surface area is 143 Å². The van der Waals surface area contributed by atoms with Crippen LogP contribution in [-0.2, 0) is 25.4 Å². The number of imidazole rings is 1. The van der Waals surface area contributed by atoms with Crippen LogP contribution >= 0.6 is 0 Å². The van der Waals surface area contributed by atoms with Crippen LogP contribution in [0.15, 0.2) is 46.2 Å². The fourth-order valence-electron chi connectivity index (χ4n) is 2.86. The topological polar surface area (TPSA) is 82.1 Å². The Hall–Kier alpha value is -3.16. The Morgan fingerprint density at radius 3 is 2.44 bits per heavy atom. The molecule has 2 heterocycles. The molecule has 0 radical (unpaired) electrons. The third-order valence-electron chi connectivity index (χ3n) is 4.21. The Morgan fingerprint density at radius 2 is 1.80 bits per heavy atom. The summed E-state index contributed by atoms with van der Waals surface area (Å²) in [6.07, 6.45) is 1.42. The van der Waals surface area contributed by atoms with E-state index in [1.54, 1.807) is 11.9 Å². The van der Waals surface area contributed by atoms with Gasteiger partial charge in [0.05, 0.1) is 6.33 Å². The fourth-order valence-corrected chi connectivity index (χ4v) is 2.86. The minimum Gasteiger partial charge on any atom is -0.315 e. The number of carbonyl (C=O) groups excluding carboxylic acids is 1. The molecule has 1 aromatic carbocycles. The highest BCUT2D eigenvalue weighted by atomic mass is 16.2. The monoisotopic (exact) mass is 341 g/mol. The molecule has 0 saturated heterocycles. The first-order valence-corrected chi connectivity index (χ1v) is 7.92. The summed E-state index contributed by atoms with van der Waals surface area (Å²) >= 11 is 0. The van der Waals surface area contributed by atoms with Gasteiger partial charge in [-0.3, -0.25) is 18.7 Å². The second-order valence-electron chi connectivity index (χ2n) is 5.72. The van der Waals surface area contributed by atoms with Crippen molar-refractivity contribution in [2.75, 3.05) is 11.4 Å². The van der Waals surface area contributed by atoms with Gasteiger partial charge < -0.3 is 9.47 Å². The molecule has 130 valence electrons. The van der Waals surface area contributed by atoms with Crippen molar-refractivity contribution in [1.82, 2.24) is 18.7 Å². The fraction of sp³-hybridized carbons (Fsp3) is 0.294. The van der Waals surface area contributed by atoms with E-state index in [4.69, 9.17) is 0 Å². The molecular weight excluding hydrogens is 322 g/mol. The van der Waals surface area contributed by atoms with E-state index in [0.717, 1.165) is 10.3 Å². The number of hydrogen-bond donors (Lipinski definition) is 0. The van der Waals surface area contributed by atoms with E-state index in [-0.39, 0.29) is 23.6 Å². The molecular formula is C17H19N5O3. The summed E-state index contributed by atoms with van der Waals surface area (Å²) in [5.41, 5.74) is 0.380. The first kappa shape index (κ1) is 16.7. The van der Waals surface area contributed by atoms with Crippen molar-refractivity contribution in [3.05, 3.63) is 57.5 Å². The third kappa shape index (κ3) is 2.75. The minimum absolute atomic E-state index is 0.0350. The number of hydrogen-bond acceptors (Lipinski definition) is 4. The Balaban J connectivity index is 2.02. The summed E-state index contributed by atoms with van der Waals surface area (Å²) in [6, 6.07) is 9.33. The number of carbonyl (C=O) groups is 1. The number of para-hydroxylation sites is 1. The maximum Gasteiger partial charge on any atom is 0.332 e. The van der Waals surface area contributed by atoms with Crippen molar-refractivity contribution in [2.45, 2.75) is 13.5 Å². The van der Waals surface area contributed by atoms with Crippen molar-refractivity contribution in [3.63, 3.8) is 0 Å². The van der Waals surface area contributed by atoms with Crippen LogP contribution in [0.4, 0.5) is 5.69 Å². The van der Waals surface area contributed by atoms with E-state index in [9.17, 15) is 14.4 Å². The number of fused-ring (bicyclic) bond motifs is 1. The van der Waals surface area contributed by atoms with Crippen LogP contribution in [-0.4, -0.2) is 31.1 Å². The van der Waals surface area contributed by atoms with Crippen LogP contribution in [0.25, 0.3) is 11.2 Å². The molecule has 0 unspecified atom stereocenters. The lowest BCUT2D eigenvalue weighted by Gasteiger charge is -2.21. The molecule has 0 bridgehead atoms. The molecule has 0 aliphatic rings. The maximum atomic E-state index is 12.7. The van der Waals surface area contributed by atoms with Crippen molar-refractivity contribution < 1.29 is 4.79 Å². The highest BCUT2D eigenvalue weighted by Crippen LogP contribution is 2.14. The Morgan fingerprint density at radius 1 is 1.12 bits per heavy atom. The molecule has 8 heteroatoms. The number of aromatic nitrogens is 4. The summed E-state index contributed by atoms with van der Waals surface area (Å²) in [7, 11) is 2.96. The second-order valence-corrected chi connectivity index (χ2v) is 5.72. The van der Waals surface area contributed by atoms with Gasteiger partial charge in [0.1, 0.15) is 6.54 Å². The summed E-state index contributed by atoms with van der Waals surface area (Å²) in [5, 5.41) is 0. The van der Waals surface area contributed by atoms with Crippen LogP contribution in [0, 0.1) is 0 Å². The van der Waals surface area contributed by atoms with Crippen molar-refractivity contribution in [2.24, 2.45) is 14.1 Å². The molecule has 0 saturated carbocycles. The highest BCUT2D eigenvalue weighted by Gasteiger charge is 2.19. The van der Waals surface area contributed by atoms with Crippen molar-refractivity contribution in [1.29, 1.82) is 0 Å². The molecule has 2 aromatic heterocycles. The van der Waals surface area contributed by atoms with Crippen LogP contribution in [0.3, 0.4) is 0 Å². The third-order valence-corrected chi connectivity index (χ3v) is 4.21. The number of nitrogens with zero attached hydrogens (tertiary/aromatic N) is 5. The summed E-state index contributed by atoms with van der Waals surface area (Å²) in [4.78, 5) is 42.9. The Bertz CT molecular complexity index is 1050. The normalized spacial score (nSPS) is 11.0. The zero-order valence-corrected chi connectivity index (χ0v) is 14.3. The SMILES string of the molecule is CCN(C(=O)Cn1cnc2c1c(=O)n(C)c(=O)n2C)c1ccccc1. The average molecular weight is 341 g/mol. The van der Waals surface area contributed by atoms with Crippen LogP contribution < -0.4 is 16.1 Å². The van der Waals surface area contributed by atoms with Gasteiger partial charge in [-0.05, 0) is 19.1 Å². The van der Waals surface area contributed by atoms with E-state index >= 15 is 0 Å². The Kier molecular flexibility index (Phi) is 4.26. The molecule has 0 atom stereocenters. The van der Waals surface area contributed by atoms with E-state index in [1.165, 1.54) is 22.5 Å². The van der Waals surface area contributed by atoms with Gasteiger partial charge in [-0.2, -0.15) is 0 Å². The van der Waals surface area contributed by atoms with Gasteiger partial charge in [0.2, 0.25) is 5.91 Å². The average Bonchev–Trinajstić information content (AvgIpc) is 3.03. The highest BCUT2D eigenvalue weighted by molar-refractivity contribution is 5.93. The molecule has 0 fully saturated rings. The number of aryl methyl sites for hydroxylation is 1. The summed E-state index contributed by atoms with van der Waals surface area (Å²) in [5.74, 6) is -0.163. The number of anilines is 1. The number of amides is 1. The lowest BCUT2D eigenvalue weighted by molar-refractivity contribution is -0.119. The summed E-state index contributed by atoms with van der Waals surface area (Å²) < 4.78 is 3.80. The molecule has 25 heavy (non-hydrogen) atoms. The predicted molar refractivity (Wildman–Crippen MR) is 94.7 cm³/mol. The zero-order chi connectivity index (χ0) is 18.1. The number of rotatable bonds is 4. The van der Waals surface area contributed by atoms with E-state index < -0.39 is 11.2 Å². The molecule has 3 aromatic rings. The summed E-state index contributed by atoms with van der Waals surface area (Å²) in [6.45, 7) is 2.36. The maximum absolute atomic E-state index is 12.7. The molecule has 8 nitrogen and oxygen atoms in total. The van der Waals surface area contributed by atoms with Crippen LogP contribution in [0.1, 0.15) is 6.92 Å². The van der Waals surface area contributed by atoms with Gasteiger partial charge in [0.15, 0.2) is 11.2 Å². The lowest BCUT2D eigenvalue weighted by atomic mass is 10.3. The van der Waals surface area contributed by atoms with E-state index in [1.807, 2.05) is 37.3 Å². The quantitative estimate of drug-likeness (QED) is 0.691. The second kappa shape index (κ2) is 6.39. The van der Waals surface area contributed by atoms with Crippen molar-refractivity contribution in [3.8, 4) is 0 Å². The largest absolute Gasteiger partial charge is 0.332 e. The predicted octanol–water partition coefficient (Wildman–Crippen LogP) is 0.487. The molecule has 0 spiro atoms. The van der Waals surface area contributed by atoms with E-state index in [2.05, 4.69) is 4.98 Å². The van der Waals surface area contributed by atoms with Gasteiger partial charge in [-0.15, -0.1) is 0 Å². The molecule has 3 rings (SSSR count). The minimum atomic E-state index is -0.467. The smallest absolute Gasteiger partial charge is 0.315 e. The van der Waals surface area contributed by atoms with Gasteiger partial charge in [0, 0.05) is 26.3 Å². The zero-order valence-electron chi connectivity index (χ0n) is 14.3. The van der Waals surface area contributed by atoms with Gasteiger partial charge in [0.25, 0.3) is 5.56 Å². The lowest BCUT2D eigenvalue weighted by Crippen LogP contribution is -2.38. The first-order chi connectivity index (χ1) is 12.0. The number of likely N-dealkylation sites (N-methyl/N-ethyl adjacent to an activating group) is 1. The van der Waals surface area contributed by atoms with Gasteiger partial charge >= 0.3 is 5.69 Å². The van der Waals surface area contributed by atoms with Gasteiger partial charge in [-0.25, -0.2) is 9.78 Å². The first-order valence-electron chi connectivity index (χ1n) is 7.92. The molecule has 0 N–H and O–H groups in total. The van der Waals surface area contributed by atoms with Crippen LogP contribution in [0.2, 0.25) is 0 Å². The van der Waals surface area contributed by atoms with Crippen LogP contribution in [0.5, 0.6) is 0 Å². The molecule has 0 aliphatic carbocycles. The standard InChI is InChI=1S/C17H19N5O3/c1-4-22(12-8-6-5-7-9-12)13(23)10-21-11-18-15-14(21)16(24)20(3)17(25)19(15)2/h5-9,11H,4,10H2,1-3H3. The molecule has 1 amide bonds. The van der Waals surface area contributed by atoms with Gasteiger partial charge in [-0.1, -0.05) is 18.2 Å². The number of benzene rings is 1.